The summed E-state index contributed by atoms with van der Waals surface area (Å²) in [6.07, 6.45) is 2.78. The smallest absolute Gasteiger partial charge is 0.261 e. The van der Waals surface area contributed by atoms with E-state index in [1.165, 1.54) is 12.5 Å². The van der Waals surface area contributed by atoms with Crippen LogP contribution < -0.4 is 5.56 Å². The molecule has 0 atom stereocenters. The van der Waals surface area contributed by atoms with Gasteiger partial charge in [-0.15, -0.1) is 0 Å². The molecular formula is C5H4N4NaO. The Balaban J connectivity index is 0.000000605. The van der Waals surface area contributed by atoms with Crippen molar-refractivity contribution in [3.63, 3.8) is 0 Å². The number of nitrogens with zero attached hydrogens (tertiary/aromatic N) is 2. The van der Waals surface area contributed by atoms with Gasteiger partial charge in [-0.2, -0.15) is 5.10 Å². The minimum Gasteiger partial charge on any atom is -0.312 e. The molecule has 2 aromatic rings. The van der Waals surface area contributed by atoms with E-state index < -0.39 is 0 Å². The molecule has 51 valence electrons. The summed E-state index contributed by atoms with van der Waals surface area (Å²) in [5.41, 5.74) is 0.350. The van der Waals surface area contributed by atoms with Crippen LogP contribution in [0.5, 0.6) is 0 Å². The van der Waals surface area contributed by atoms with Crippen molar-refractivity contribution in [1.29, 1.82) is 0 Å². The van der Waals surface area contributed by atoms with Crippen molar-refractivity contribution >= 4 is 40.6 Å². The second-order valence-corrected chi connectivity index (χ2v) is 1.86. The van der Waals surface area contributed by atoms with Gasteiger partial charge in [0.05, 0.1) is 12.5 Å². The van der Waals surface area contributed by atoms with Crippen LogP contribution in [0.2, 0.25) is 0 Å². The molecule has 0 aliphatic rings. The monoisotopic (exact) mass is 159 g/mol. The fraction of sp³-hybridized carbons (Fsp3) is 0. The van der Waals surface area contributed by atoms with Crippen LogP contribution in [0.1, 0.15) is 0 Å². The van der Waals surface area contributed by atoms with Crippen molar-refractivity contribution in [3.8, 4) is 0 Å². The Bertz CT molecular complexity index is 406. The van der Waals surface area contributed by atoms with Gasteiger partial charge in [-0.25, -0.2) is 4.98 Å². The zero-order chi connectivity index (χ0) is 6.97. The zero-order valence-corrected chi connectivity index (χ0v) is 7.96. The van der Waals surface area contributed by atoms with E-state index in [4.69, 9.17) is 0 Å². The molecule has 11 heavy (non-hydrogen) atoms. The number of rotatable bonds is 0. The molecular weight excluding hydrogens is 155 g/mol. The first-order valence-corrected chi connectivity index (χ1v) is 2.75. The molecule has 0 bridgehead atoms. The average molecular weight is 159 g/mol. The average Bonchev–Trinajstić information content (AvgIpc) is 2.36. The van der Waals surface area contributed by atoms with Crippen LogP contribution in [-0.4, -0.2) is 49.7 Å². The number of aromatic nitrogens is 4. The standard InChI is InChI=1S/C5H4N4O.Na/c10-5-3-1-8-9-4(3)6-2-7-5;/h1-2H,(H2,6,7,8,9,10);. The zero-order valence-electron chi connectivity index (χ0n) is 5.96. The maximum absolute atomic E-state index is 10.9. The van der Waals surface area contributed by atoms with Gasteiger partial charge in [-0.3, -0.25) is 9.89 Å². The van der Waals surface area contributed by atoms with Crippen LogP contribution in [-0.2, 0) is 0 Å². The molecule has 0 saturated heterocycles. The van der Waals surface area contributed by atoms with Crippen molar-refractivity contribution in [2.24, 2.45) is 0 Å². The Labute approximate surface area is 83.5 Å². The van der Waals surface area contributed by atoms with Gasteiger partial charge < -0.3 is 4.98 Å². The molecule has 1 radical (unpaired) electrons. The summed E-state index contributed by atoms with van der Waals surface area (Å²) in [4.78, 5) is 17.1. The first-order valence-electron chi connectivity index (χ1n) is 2.75. The maximum Gasteiger partial charge on any atom is 0.261 e. The Morgan fingerprint density at radius 3 is 3.00 bits per heavy atom. The molecule has 2 N–H and O–H groups in total. The Morgan fingerprint density at radius 2 is 2.27 bits per heavy atom. The molecule has 0 aliphatic heterocycles. The van der Waals surface area contributed by atoms with Crippen LogP contribution in [0.25, 0.3) is 11.0 Å². The Hall–Kier alpha value is -0.650. The summed E-state index contributed by atoms with van der Waals surface area (Å²) < 4.78 is 0. The van der Waals surface area contributed by atoms with E-state index in [1.54, 1.807) is 0 Å². The number of hydrogen-bond acceptors (Lipinski definition) is 3. The third-order valence-corrected chi connectivity index (χ3v) is 1.25. The Morgan fingerprint density at radius 1 is 1.45 bits per heavy atom. The van der Waals surface area contributed by atoms with Gasteiger partial charge in [0.1, 0.15) is 5.39 Å². The van der Waals surface area contributed by atoms with Crippen molar-refractivity contribution < 1.29 is 0 Å². The van der Waals surface area contributed by atoms with Crippen LogP contribution in [0, 0.1) is 0 Å². The van der Waals surface area contributed by atoms with Gasteiger partial charge in [0.2, 0.25) is 0 Å². The number of nitrogens with one attached hydrogen (secondary N) is 2. The molecule has 0 aliphatic carbocycles. The van der Waals surface area contributed by atoms with E-state index in [2.05, 4.69) is 20.2 Å². The predicted octanol–water partition coefficient (Wildman–Crippen LogP) is -0.735. The molecule has 2 aromatic heterocycles. The number of fused-ring (bicyclic) bond motifs is 1. The molecule has 5 nitrogen and oxygen atoms in total. The Kier molecular flexibility index (Phi) is 2.43. The van der Waals surface area contributed by atoms with Crippen LogP contribution in [0.15, 0.2) is 17.3 Å². The van der Waals surface area contributed by atoms with E-state index in [-0.39, 0.29) is 35.1 Å². The third-order valence-electron chi connectivity index (χ3n) is 1.25. The summed E-state index contributed by atoms with van der Waals surface area (Å²) in [7, 11) is 0. The summed E-state index contributed by atoms with van der Waals surface area (Å²) in [5.74, 6) is 0. The number of H-pyrrole nitrogens is 2. The van der Waals surface area contributed by atoms with Crippen molar-refractivity contribution in [2.45, 2.75) is 0 Å². The van der Waals surface area contributed by atoms with Crippen molar-refractivity contribution in [3.05, 3.63) is 22.9 Å². The SMILES string of the molecule is O=c1[nH]cnc2[nH]ncc12.[Na]. The maximum atomic E-state index is 10.9. The molecule has 2 rings (SSSR count). The van der Waals surface area contributed by atoms with Crippen LogP contribution in [0.4, 0.5) is 0 Å². The summed E-state index contributed by atoms with van der Waals surface area (Å²) in [6.45, 7) is 0. The second kappa shape index (κ2) is 3.17. The van der Waals surface area contributed by atoms with Gasteiger partial charge in [0.15, 0.2) is 5.65 Å². The fourth-order valence-corrected chi connectivity index (χ4v) is 0.777. The molecule has 0 saturated carbocycles. The van der Waals surface area contributed by atoms with Gasteiger partial charge in [0.25, 0.3) is 5.56 Å². The molecule has 0 aromatic carbocycles. The normalized spacial score (nSPS) is 9.45. The first-order chi connectivity index (χ1) is 4.88. The van der Waals surface area contributed by atoms with E-state index in [1.807, 2.05) is 0 Å². The quantitative estimate of drug-likeness (QED) is 0.497. The van der Waals surface area contributed by atoms with Gasteiger partial charge >= 0.3 is 0 Å². The topological polar surface area (TPSA) is 74.4 Å². The summed E-state index contributed by atoms with van der Waals surface area (Å²) in [6, 6.07) is 0. The number of hydrogen-bond donors (Lipinski definition) is 2. The van der Waals surface area contributed by atoms with Gasteiger partial charge in [-0.05, 0) is 0 Å². The van der Waals surface area contributed by atoms with E-state index in [0.29, 0.717) is 11.0 Å². The van der Waals surface area contributed by atoms with E-state index in [0.717, 1.165) is 0 Å². The fourth-order valence-electron chi connectivity index (χ4n) is 0.777. The van der Waals surface area contributed by atoms with Crippen LogP contribution in [0.3, 0.4) is 0 Å². The van der Waals surface area contributed by atoms with E-state index in [9.17, 15) is 4.79 Å². The largest absolute Gasteiger partial charge is 0.312 e. The molecule has 0 spiro atoms. The predicted molar refractivity (Wildman–Crippen MR) is 40.3 cm³/mol. The molecule has 0 fully saturated rings. The minimum absolute atomic E-state index is 0. The molecule has 0 amide bonds. The first kappa shape index (κ1) is 8.45. The van der Waals surface area contributed by atoms with E-state index >= 15 is 0 Å². The van der Waals surface area contributed by atoms with Gasteiger partial charge in [0, 0.05) is 29.6 Å². The third kappa shape index (κ3) is 1.35. The second-order valence-electron chi connectivity index (χ2n) is 1.86. The summed E-state index contributed by atoms with van der Waals surface area (Å²) in [5, 5.41) is 6.72. The molecule has 0 unspecified atom stereocenters. The van der Waals surface area contributed by atoms with Crippen LogP contribution >= 0.6 is 0 Å². The summed E-state index contributed by atoms with van der Waals surface area (Å²) >= 11 is 0. The number of aromatic amines is 2. The van der Waals surface area contributed by atoms with Crippen molar-refractivity contribution in [1.82, 2.24) is 20.2 Å². The minimum atomic E-state index is -0.168. The molecule has 6 heteroatoms. The molecule has 2 heterocycles. The van der Waals surface area contributed by atoms with Gasteiger partial charge in [-0.1, -0.05) is 0 Å². The van der Waals surface area contributed by atoms with Crippen molar-refractivity contribution in [2.75, 3.05) is 0 Å².